The fraction of sp³-hybridized carbons (Fsp3) is 0. The van der Waals surface area contributed by atoms with Crippen LogP contribution in [0.3, 0.4) is 0 Å². The van der Waals surface area contributed by atoms with Crippen LogP contribution in [0.5, 0.6) is 0 Å². The Bertz CT molecular complexity index is 4070. The van der Waals surface area contributed by atoms with Gasteiger partial charge in [0.25, 0.3) is 0 Å². The number of para-hydroxylation sites is 4. The molecule has 68 heavy (non-hydrogen) atoms. The van der Waals surface area contributed by atoms with Crippen LogP contribution in [0, 0.1) is 11.3 Å². The van der Waals surface area contributed by atoms with Crippen molar-refractivity contribution in [1.82, 2.24) is 23.3 Å². The van der Waals surface area contributed by atoms with Crippen molar-refractivity contribution in [3.63, 3.8) is 0 Å². The third kappa shape index (κ3) is 6.15. The highest BCUT2D eigenvalue weighted by Crippen LogP contribution is 2.46. The standard InChI is InChI=1S/C62H40N6/c63-41-50-59(65-51-33-17-13-29-46(51)37-55(65)42-21-5-1-6-22-42)60(66-52-34-18-14-30-47(52)38-56(66)43-23-7-2-8-24-43)62(68-54-36-20-16-32-49(54)40-58(68)45-27-11-4-12-28-45)64-61(50)67-53-35-19-15-31-48(53)39-57(67)44-25-9-3-10-26-44/h1-40H. The van der Waals surface area contributed by atoms with Gasteiger partial charge in [-0.3, -0.25) is 9.13 Å². The van der Waals surface area contributed by atoms with Crippen molar-refractivity contribution in [3.05, 3.63) is 248 Å². The quantitative estimate of drug-likeness (QED) is 0.153. The average Bonchev–Trinajstić information content (AvgIpc) is 4.20. The van der Waals surface area contributed by atoms with E-state index in [-0.39, 0.29) is 0 Å². The van der Waals surface area contributed by atoms with E-state index in [1.807, 2.05) is 12.1 Å². The zero-order valence-corrected chi connectivity index (χ0v) is 36.8. The van der Waals surface area contributed by atoms with Gasteiger partial charge in [0.2, 0.25) is 0 Å². The number of aromatic nitrogens is 5. The summed E-state index contributed by atoms with van der Waals surface area (Å²) in [4.78, 5) is 6.02. The molecule has 0 saturated heterocycles. The van der Waals surface area contributed by atoms with E-state index < -0.39 is 0 Å². The highest BCUT2D eigenvalue weighted by atomic mass is 15.2. The van der Waals surface area contributed by atoms with Crippen LogP contribution in [0.15, 0.2) is 243 Å². The third-order valence-electron chi connectivity index (χ3n) is 13.2. The van der Waals surface area contributed by atoms with Gasteiger partial charge < -0.3 is 9.13 Å². The Kier molecular flexibility index (Phi) is 9.12. The normalized spacial score (nSPS) is 11.5. The number of hydrogen-bond acceptors (Lipinski definition) is 2. The first kappa shape index (κ1) is 39.0. The van der Waals surface area contributed by atoms with Crippen LogP contribution in [-0.4, -0.2) is 23.3 Å². The molecule has 0 aliphatic rings. The van der Waals surface area contributed by atoms with Crippen LogP contribution < -0.4 is 0 Å². The molecule has 0 amide bonds. The molecule has 13 rings (SSSR count). The molecular formula is C62H40N6. The highest BCUT2D eigenvalue weighted by molar-refractivity contribution is 5.98. The lowest BCUT2D eigenvalue weighted by Gasteiger charge is -2.26. The van der Waals surface area contributed by atoms with Crippen molar-refractivity contribution >= 4 is 43.6 Å². The summed E-state index contributed by atoms with van der Waals surface area (Å²) in [5.74, 6) is 1.19. The van der Waals surface area contributed by atoms with Gasteiger partial charge in [0.05, 0.1) is 50.5 Å². The van der Waals surface area contributed by atoms with E-state index in [4.69, 9.17) is 4.98 Å². The van der Waals surface area contributed by atoms with Gasteiger partial charge in [-0.25, -0.2) is 4.98 Å². The molecule has 0 radical (unpaired) electrons. The Morgan fingerprint density at radius 1 is 0.294 bits per heavy atom. The topological polar surface area (TPSA) is 56.4 Å². The molecule has 0 spiro atoms. The molecule has 0 aliphatic carbocycles. The number of pyridine rings is 1. The number of rotatable bonds is 8. The summed E-state index contributed by atoms with van der Waals surface area (Å²) in [7, 11) is 0. The molecule has 0 bridgehead atoms. The fourth-order valence-electron chi connectivity index (χ4n) is 10.2. The van der Waals surface area contributed by atoms with Crippen molar-refractivity contribution in [1.29, 1.82) is 5.26 Å². The summed E-state index contributed by atoms with van der Waals surface area (Å²) in [6.07, 6.45) is 0. The van der Waals surface area contributed by atoms with Gasteiger partial charge in [-0.05, 0) is 70.8 Å². The molecule has 0 fully saturated rings. The minimum Gasteiger partial charge on any atom is -0.306 e. The third-order valence-corrected chi connectivity index (χ3v) is 13.2. The summed E-state index contributed by atoms with van der Waals surface area (Å²) in [6.45, 7) is 0. The highest BCUT2D eigenvalue weighted by Gasteiger charge is 2.32. The summed E-state index contributed by atoms with van der Waals surface area (Å²) >= 11 is 0. The van der Waals surface area contributed by atoms with E-state index in [1.165, 1.54) is 0 Å². The Morgan fingerprint density at radius 3 is 0.926 bits per heavy atom. The Hall–Kier alpha value is -9.44. The van der Waals surface area contributed by atoms with Gasteiger partial charge in [0.15, 0.2) is 11.6 Å². The lowest BCUT2D eigenvalue weighted by atomic mass is 10.1. The summed E-state index contributed by atoms with van der Waals surface area (Å²) in [6, 6.07) is 87.9. The monoisotopic (exact) mass is 868 g/mol. The van der Waals surface area contributed by atoms with E-state index in [1.54, 1.807) is 0 Å². The second-order valence-corrected chi connectivity index (χ2v) is 17.1. The Balaban J connectivity index is 1.33. The maximum Gasteiger partial charge on any atom is 0.166 e. The number of benzene rings is 8. The molecule has 0 aliphatic heterocycles. The number of fused-ring (bicyclic) bond motifs is 4. The van der Waals surface area contributed by atoms with Gasteiger partial charge in [0.1, 0.15) is 17.3 Å². The molecule has 0 N–H and O–H groups in total. The minimum atomic E-state index is 0.426. The summed E-state index contributed by atoms with van der Waals surface area (Å²) in [5, 5.41) is 16.5. The maximum atomic E-state index is 12.3. The van der Waals surface area contributed by atoms with Crippen molar-refractivity contribution in [2.45, 2.75) is 0 Å². The van der Waals surface area contributed by atoms with Gasteiger partial charge in [-0.1, -0.05) is 194 Å². The zero-order valence-electron chi connectivity index (χ0n) is 36.8. The van der Waals surface area contributed by atoms with E-state index in [0.29, 0.717) is 22.9 Å². The molecule has 0 atom stereocenters. The Morgan fingerprint density at radius 2 is 0.574 bits per heavy atom. The zero-order chi connectivity index (χ0) is 45.1. The summed E-state index contributed by atoms with van der Waals surface area (Å²) < 4.78 is 9.19. The average molecular weight is 869 g/mol. The molecule has 8 aromatic carbocycles. The number of nitriles is 1. The molecule has 0 unspecified atom stereocenters. The van der Waals surface area contributed by atoms with Crippen LogP contribution in [0.2, 0.25) is 0 Å². The van der Waals surface area contributed by atoms with Crippen LogP contribution in [-0.2, 0) is 0 Å². The van der Waals surface area contributed by atoms with E-state index in [9.17, 15) is 5.26 Å². The molecule has 5 heterocycles. The van der Waals surface area contributed by atoms with E-state index in [0.717, 1.165) is 94.3 Å². The predicted molar refractivity (Wildman–Crippen MR) is 278 cm³/mol. The van der Waals surface area contributed by atoms with Crippen LogP contribution >= 0.6 is 0 Å². The van der Waals surface area contributed by atoms with Gasteiger partial charge in [-0.2, -0.15) is 5.26 Å². The molecule has 13 aromatic rings. The maximum absolute atomic E-state index is 12.3. The second kappa shape index (κ2) is 15.9. The first-order valence-electron chi connectivity index (χ1n) is 22.9. The first-order chi connectivity index (χ1) is 33.7. The van der Waals surface area contributed by atoms with Crippen LogP contribution in [0.25, 0.3) is 112 Å². The molecular weight excluding hydrogens is 829 g/mol. The first-order valence-corrected chi connectivity index (χ1v) is 22.9. The predicted octanol–water partition coefficient (Wildman–Crippen LogP) is 15.4. The smallest absolute Gasteiger partial charge is 0.166 e. The SMILES string of the molecule is N#Cc1c(-n2c(-c3ccccc3)cc3ccccc32)nc(-n2c(-c3ccccc3)cc3ccccc32)c(-n2c(-c3ccccc3)cc3ccccc32)c1-n1c(-c2ccccc2)cc2ccccc21. The molecule has 0 saturated carbocycles. The van der Waals surface area contributed by atoms with Crippen molar-refractivity contribution in [3.8, 4) is 74.1 Å². The second-order valence-electron chi connectivity index (χ2n) is 17.1. The number of nitrogens with zero attached hydrogens (tertiary/aromatic N) is 6. The largest absolute Gasteiger partial charge is 0.306 e. The summed E-state index contributed by atoms with van der Waals surface area (Å²) in [5.41, 5.74) is 13.7. The van der Waals surface area contributed by atoms with Crippen LogP contribution in [0.4, 0.5) is 0 Å². The van der Waals surface area contributed by atoms with Crippen molar-refractivity contribution < 1.29 is 0 Å². The molecule has 6 nitrogen and oxygen atoms in total. The van der Waals surface area contributed by atoms with Crippen molar-refractivity contribution in [2.24, 2.45) is 0 Å². The van der Waals surface area contributed by atoms with Crippen LogP contribution in [0.1, 0.15) is 5.56 Å². The molecule has 5 aromatic heterocycles. The fourth-order valence-corrected chi connectivity index (χ4v) is 10.2. The van der Waals surface area contributed by atoms with E-state index >= 15 is 0 Å². The Labute approximate surface area is 392 Å². The minimum absolute atomic E-state index is 0.426. The van der Waals surface area contributed by atoms with Gasteiger partial charge >= 0.3 is 0 Å². The lowest BCUT2D eigenvalue weighted by molar-refractivity contribution is 0.928. The van der Waals surface area contributed by atoms with E-state index in [2.05, 4.69) is 255 Å². The van der Waals surface area contributed by atoms with Gasteiger partial charge in [0, 0.05) is 21.5 Å². The molecule has 6 heteroatoms. The lowest BCUT2D eigenvalue weighted by Crippen LogP contribution is -2.18. The van der Waals surface area contributed by atoms with Gasteiger partial charge in [-0.15, -0.1) is 0 Å². The van der Waals surface area contributed by atoms with Crippen molar-refractivity contribution in [2.75, 3.05) is 0 Å². The number of hydrogen-bond donors (Lipinski definition) is 0. The molecule has 318 valence electrons.